The average Bonchev–Trinajstić information content (AvgIpc) is 2.81. The third kappa shape index (κ3) is 4.02. The summed E-state index contributed by atoms with van der Waals surface area (Å²) >= 11 is 0. The maximum Gasteiger partial charge on any atom is 0.341 e. The van der Waals surface area contributed by atoms with Crippen LogP contribution in [0.2, 0.25) is 0 Å². The molecule has 1 heterocycles. The van der Waals surface area contributed by atoms with Gasteiger partial charge in [-0.25, -0.2) is 4.79 Å². The van der Waals surface area contributed by atoms with Gasteiger partial charge in [-0.15, -0.1) is 0 Å². The normalized spacial score (nSPS) is 18.7. The Hall–Kier alpha value is -2.07. The molecule has 4 nitrogen and oxygen atoms in total. The van der Waals surface area contributed by atoms with Crippen LogP contribution in [0.15, 0.2) is 41.5 Å². The van der Waals surface area contributed by atoms with E-state index in [0.717, 1.165) is 17.7 Å². The fourth-order valence-electron chi connectivity index (χ4n) is 2.48. The Bertz CT molecular complexity index is 621. The van der Waals surface area contributed by atoms with Gasteiger partial charge < -0.3 is 14.6 Å². The van der Waals surface area contributed by atoms with Gasteiger partial charge in [0.05, 0.1) is 5.57 Å². The van der Waals surface area contributed by atoms with E-state index in [1.165, 1.54) is 5.57 Å². The summed E-state index contributed by atoms with van der Waals surface area (Å²) in [5.74, 6) is 0.356. The Kier molecular flexibility index (Phi) is 5.61. The van der Waals surface area contributed by atoms with Crippen LogP contribution in [0.4, 0.5) is 0 Å². The molecule has 1 aliphatic heterocycles. The van der Waals surface area contributed by atoms with Gasteiger partial charge in [0, 0.05) is 5.57 Å². The van der Waals surface area contributed by atoms with E-state index in [9.17, 15) is 9.90 Å². The van der Waals surface area contributed by atoms with Crippen LogP contribution in [0.3, 0.4) is 0 Å². The van der Waals surface area contributed by atoms with Crippen molar-refractivity contribution in [1.82, 2.24) is 0 Å². The molecule has 124 valence electrons. The summed E-state index contributed by atoms with van der Waals surface area (Å²) in [6, 6.07) is 7.31. The summed E-state index contributed by atoms with van der Waals surface area (Å²) in [4.78, 5) is 12.1. The molecule has 1 aliphatic rings. The van der Waals surface area contributed by atoms with Gasteiger partial charge in [0.25, 0.3) is 0 Å². The Labute approximate surface area is 137 Å². The molecule has 2 atom stereocenters. The van der Waals surface area contributed by atoms with Gasteiger partial charge in [-0.3, -0.25) is 0 Å². The fourth-order valence-corrected chi connectivity index (χ4v) is 2.48. The third-order valence-electron chi connectivity index (χ3n) is 4.01. The zero-order chi connectivity index (χ0) is 17.0. The van der Waals surface area contributed by atoms with Gasteiger partial charge in [-0.1, -0.05) is 31.6 Å². The largest absolute Gasteiger partial charge is 0.490 e. The minimum Gasteiger partial charge on any atom is -0.490 e. The molecule has 2 rings (SSSR count). The predicted molar refractivity (Wildman–Crippen MR) is 89.8 cm³/mol. The number of aliphatic hydroxyl groups excluding tert-OH is 1. The quantitative estimate of drug-likeness (QED) is 0.642. The van der Waals surface area contributed by atoms with Gasteiger partial charge in [-0.2, -0.15) is 0 Å². The van der Waals surface area contributed by atoms with E-state index in [0.29, 0.717) is 17.8 Å². The summed E-state index contributed by atoms with van der Waals surface area (Å²) < 4.78 is 10.6. The topological polar surface area (TPSA) is 55.8 Å². The SMILES string of the molecule is CC[C@H](C)C1=C(c2ccc(OCC=C(C)C)cc2)C(=O)O[C@@H]1O. The Morgan fingerprint density at radius 1 is 1.35 bits per heavy atom. The van der Waals surface area contributed by atoms with Crippen molar-refractivity contribution in [3.63, 3.8) is 0 Å². The Morgan fingerprint density at radius 3 is 2.57 bits per heavy atom. The van der Waals surface area contributed by atoms with E-state index in [1.807, 2.05) is 58.0 Å². The van der Waals surface area contributed by atoms with Crippen molar-refractivity contribution in [2.45, 2.75) is 40.4 Å². The molecule has 0 unspecified atom stereocenters. The number of esters is 1. The van der Waals surface area contributed by atoms with Crippen LogP contribution in [0.25, 0.3) is 5.57 Å². The molecule has 0 radical (unpaired) electrons. The number of carbonyl (C=O) groups is 1. The van der Waals surface area contributed by atoms with Crippen LogP contribution in [0, 0.1) is 5.92 Å². The lowest BCUT2D eigenvalue weighted by atomic mass is 9.91. The van der Waals surface area contributed by atoms with Crippen LogP contribution < -0.4 is 4.74 Å². The van der Waals surface area contributed by atoms with Crippen LogP contribution in [-0.2, 0) is 9.53 Å². The number of carbonyl (C=O) groups excluding carboxylic acids is 1. The molecule has 4 heteroatoms. The number of allylic oxidation sites excluding steroid dienone is 1. The highest BCUT2D eigenvalue weighted by molar-refractivity contribution is 6.19. The molecule has 1 aromatic rings. The first kappa shape index (κ1) is 17.3. The van der Waals surface area contributed by atoms with E-state index < -0.39 is 12.3 Å². The van der Waals surface area contributed by atoms with Gasteiger partial charge in [0.1, 0.15) is 12.4 Å². The lowest BCUT2D eigenvalue weighted by Gasteiger charge is -2.14. The van der Waals surface area contributed by atoms with Crippen molar-refractivity contribution in [2.24, 2.45) is 5.92 Å². The minimum absolute atomic E-state index is 0.0834. The van der Waals surface area contributed by atoms with Crippen LogP contribution in [0.1, 0.15) is 39.7 Å². The molecular weight excluding hydrogens is 292 g/mol. The molecule has 0 spiro atoms. The van der Waals surface area contributed by atoms with Gasteiger partial charge >= 0.3 is 5.97 Å². The summed E-state index contributed by atoms with van der Waals surface area (Å²) in [6.07, 6.45) is 1.69. The zero-order valence-corrected chi connectivity index (χ0v) is 14.1. The first-order valence-corrected chi connectivity index (χ1v) is 7.93. The predicted octanol–water partition coefficient (Wildman–Crippen LogP) is 3.71. The van der Waals surface area contributed by atoms with E-state index in [2.05, 4.69) is 0 Å². The molecule has 0 bridgehead atoms. The molecular formula is C19H24O4. The van der Waals surface area contributed by atoms with Crippen molar-refractivity contribution < 1.29 is 19.4 Å². The smallest absolute Gasteiger partial charge is 0.341 e. The number of hydrogen-bond acceptors (Lipinski definition) is 4. The highest BCUT2D eigenvalue weighted by Crippen LogP contribution is 2.35. The van der Waals surface area contributed by atoms with Crippen LogP contribution in [0.5, 0.6) is 5.75 Å². The van der Waals surface area contributed by atoms with Gasteiger partial charge in [-0.05, 0) is 50.0 Å². The van der Waals surface area contributed by atoms with E-state index in [-0.39, 0.29) is 5.92 Å². The zero-order valence-electron chi connectivity index (χ0n) is 14.1. The second kappa shape index (κ2) is 7.47. The van der Waals surface area contributed by atoms with Crippen molar-refractivity contribution in [3.8, 4) is 5.75 Å². The molecule has 0 aliphatic carbocycles. The molecule has 0 saturated heterocycles. The number of benzene rings is 1. The van der Waals surface area contributed by atoms with E-state index in [4.69, 9.17) is 9.47 Å². The molecule has 0 fully saturated rings. The number of aliphatic hydroxyl groups is 1. The molecule has 0 aromatic heterocycles. The number of hydrogen-bond donors (Lipinski definition) is 1. The second-order valence-electron chi connectivity index (χ2n) is 6.01. The Balaban J connectivity index is 2.24. The lowest BCUT2D eigenvalue weighted by Crippen LogP contribution is -2.14. The highest BCUT2D eigenvalue weighted by atomic mass is 16.6. The van der Waals surface area contributed by atoms with E-state index in [1.54, 1.807) is 0 Å². The minimum atomic E-state index is -1.14. The average molecular weight is 316 g/mol. The van der Waals surface area contributed by atoms with Crippen molar-refractivity contribution >= 4 is 11.5 Å². The fraction of sp³-hybridized carbons (Fsp3) is 0.421. The first-order valence-electron chi connectivity index (χ1n) is 7.93. The van der Waals surface area contributed by atoms with Crippen LogP contribution in [-0.4, -0.2) is 24.0 Å². The first-order chi connectivity index (χ1) is 10.9. The van der Waals surface area contributed by atoms with E-state index >= 15 is 0 Å². The maximum absolute atomic E-state index is 12.1. The molecule has 1 aromatic carbocycles. The van der Waals surface area contributed by atoms with Gasteiger partial charge in [0.2, 0.25) is 6.29 Å². The summed E-state index contributed by atoms with van der Waals surface area (Å²) in [5, 5.41) is 9.98. The second-order valence-corrected chi connectivity index (χ2v) is 6.01. The monoisotopic (exact) mass is 316 g/mol. The third-order valence-corrected chi connectivity index (χ3v) is 4.01. The maximum atomic E-state index is 12.1. The standard InChI is InChI=1S/C19H24O4/c1-5-13(4)16-17(19(21)23-18(16)20)14-6-8-15(9-7-14)22-11-10-12(2)3/h6-10,13,18,20H,5,11H2,1-4H3/t13-,18-/m0/s1. The summed E-state index contributed by atoms with van der Waals surface area (Å²) in [7, 11) is 0. The summed E-state index contributed by atoms with van der Waals surface area (Å²) in [6.45, 7) is 8.56. The molecule has 23 heavy (non-hydrogen) atoms. The number of ether oxygens (including phenoxy) is 2. The van der Waals surface area contributed by atoms with Crippen LogP contribution >= 0.6 is 0 Å². The van der Waals surface area contributed by atoms with Crippen molar-refractivity contribution in [1.29, 1.82) is 0 Å². The molecule has 0 amide bonds. The lowest BCUT2D eigenvalue weighted by molar-refractivity contribution is -0.150. The highest BCUT2D eigenvalue weighted by Gasteiger charge is 2.35. The molecule has 0 saturated carbocycles. The Morgan fingerprint density at radius 2 is 2.00 bits per heavy atom. The number of cyclic esters (lactones) is 1. The van der Waals surface area contributed by atoms with Crippen molar-refractivity contribution in [2.75, 3.05) is 6.61 Å². The number of rotatable bonds is 6. The summed E-state index contributed by atoms with van der Waals surface area (Å²) in [5.41, 5.74) is 3.09. The molecule has 1 N–H and O–H groups in total. The van der Waals surface area contributed by atoms with Gasteiger partial charge in [0.15, 0.2) is 0 Å². The van der Waals surface area contributed by atoms with Crippen molar-refractivity contribution in [3.05, 3.63) is 47.1 Å².